The third-order valence-electron chi connectivity index (χ3n) is 8.84. The van der Waals surface area contributed by atoms with Crippen LogP contribution in [0, 0.1) is 28.4 Å². The maximum absolute atomic E-state index is 16.0. The summed E-state index contributed by atoms with van der Waals surface area (Å²) < 4.78 is 62.6. The number of carbonyl (C=O) groups excluding carboxylic acids is 3. The number of methoxy groups -OCH3 is 2. The van der Waals surface area contributed by atoms with Crippen molar-refractivity contribution in [3.63, 3.8) is 0 Å². The number of halogens is 4. The average Bonchev–Trinajstić information content (AvgIpc) is 3.43. The molecular formula is C39H43Cl2F2N3O9. The van der Waals surface area contributed by atoms with Gasteiger partial charge in [-0.05, 0) is 53.8 Å². The van der Waals surface area contributed by atoms with Gasteiger partial charge in [-0.15, -0.1) is 0 Å². The van der Waals surface area contributed by atoms with Crippen molar-refractivity contribution in [2.45, 2.75) is 63.8 Å². The molecule has 0 radical (unpaired) electrons. The van der Waals surface area contributed by atoms with Gasteiger partial charge in [0.1, 0.15) is 29.4 Å². The number of rotatable bonds is 15. The summed E-state index contributed by atoms with van der Waals surface area (Å²) in [5.74, 6) is -4.54. The number of amides is 1. The standard InChI is InChI=1S/C39H43Cl2F2N3O9/c1-22(55-37(49)53-17-16-52-15-14-50-5)54-36(48)23-10-13-29(30(18-23)51-6)45-35(47)34-32(25-8-7-9-27(41)33(25)43)39(21-44,31(46-34)20-38(2,3)4)26-12-11-24(40)19-28(26)42/h7-13,18-19,22,31-32,34,46H,14-17,20H2,1-6H3,(H,45,47)/t22?,31?,32-,34+,39-/m0/s1. The zero-order valence-electron chi connectivity index (χ0n) is 31.2. The molecule has 1 aliphatic heterocycles. The van der Waals surface area contributed by atoms with Crippen molar-refractivity contribution in [2.75, 3.05) is 46.0 Å². The lowest BCUT2D eigenvalue weighted by atomic mass is 9.62. The van der Waals surface area contributed by atoms with Crippen molar-refractivity contribution in [1.82, 2.24) is 5.32 Å². The van der Waals surface area contributed by atoms with Crippen LogP contribution in [-0.2, 0) is 33.9 Å². The van der Waals surface area contributed by atoms with Crippen LogP contribution < -0.4 is 15.4 Å². The van der Waals surface area contributed by atoms with Gasteiger partial charge in [0.15, 0.2) is 0 Å². The van der Waals surface area contributed by atoms with Crippen LogP contribution in [-0.4, -0.2) is 77.1 Å². The minimum Gasteiger partial charge on any atom is -0.495 e. The number of esters is 1. The lowest BCUT2D eigenvalue weighted by Crippen LogP contribution is -2.45. The van der Waals surface area contributed by atoms with Crippen LogP contribution in [0.1, 0.15) is 61.5 Å². The van der Waals surface area contributed by atoms with E-state index in [1.54, 1.807) is 0 Å². The normalized spacial score (nSPS) is 19.9. The molecule has 0 aliphatic carbocycles. The Kier molecular flexibility index (Phi) is 14.8. The molecule has 1 aliphatic rings. The first-order valence-corrected chi connectivity index (χ1v) is 18.0. The minimum absolute atomic E-state index is 0.0185. The minimum atomic E-state index is -1.84. The number of benzene rings is 3. The molecule has 1 heterocycles. The third kappa shape index (κ3) is 10.4. The molecule has 55 heavy (non-hydrogen) atoms. The van der Waals surface area contributed by atoms with Gasteiger partial charge in [-0.2, -0.15) is 5.26 Å². The van der Waals surface area contributed by atoms with Crippen LogP contribution in [0.3, 0.4) is 0 Å². The van der Waals surface area contributed by atoms with E-state index in [0.717, 1.165) is 6.07 Å². The summed E-state index contributed by atoms with van der Waals surface area (Å²) in [6.45, 7) is 7.82. The molecule has 296 valence electrons. The van der Waals surface area contributed by atoms with Gasteiger partial charge in [0.25, 0.3) is 0 Å². The molecule has 0 aromatic heterocycles. The van der Waals surface area contributed by atoms with Gasteiger partial charge in [0.05, 0.1) is 55.3 Å². The van der Waals surface area contributed by atoms with Gasteiger partial charge in [-0.25, -0.2) is 18.4 Å². The number of carbonyl (C=O) groups is 3. The highest BCUT2D eigenvalue weighted by molar-refractivity contribution is 6.31. The Labute approximate surface area is 328 Å². The van der Waals surface area contributed by atoms with E-state index in [2.05, 4.69) is 16.7 Å². The SMILES string of the molecule is COCCOCCOC(=O)OC(C)OC(=O)c1ccc(NC(=O)[C@@H]2NC(CC(C)(C)C)[C@](C#N)(c3ccc(Cl)cc3F)[C@H]2c2cccc(Cl)c2F)c(OC)c1. The molecule has 0 saturated carbocycles. The first kappa shape index (κ1) is 43.2. The number of nitriles is 1. The largest absolute Gasteiger partial charge is 0.511 e. The van der Waals surface area contributed by atoms with Crippen molar-refractivity contribution >= 4 is 46.9 Å². The molecule has 4 rings (SSSR count). The number of anilines is 1. The Balaban J connectivity index is 1.62. The quantitative estimate of drug-likeness (QED) is 0.0889. The van der Waals surface area contributed by atoms with E-state index >= 15 is 8.78 Å². The predicted octanol–water partition coefficient (Wildman–Crippen LogP) is 7.56. The van der Waals surface area contributed by atoms with Crippen LogP contribution in [0.15, 0.2) is 54.6 Å². The second-order valence-corrected chi connectivity index (χ2v) is 14.7. The molecule has 1 amide bonds. The van der Waals surface area contributed by atoms with E-state index in [-0.39, 0.29) is 57.8 Å². The van der Waals surface area contributed by atoms with E-state index in [0.29, 0.717) is 13.2 Å². The third-order valence-corrected chi connectivity index (χ3v) is 9.37. The summed E-state index contributed by atoms with van der Waals surface area (Å²) in [6, 6.07) is 12.2. The smallest absolute Gasteiger partial charge is 0.495 e. The molecule has 0 spiro atoms. The highest BCUT2D eigenvalue weighted by Gasteiger charge is 2.61. The Morgan fingerprint density at radius 2 is 1.73 bits per heavy atom. The number of hydrogen-bond donors (Lipinski definition) is 2. The highest BCUT2D eigenvalue weighted by Crippen LogP contribution is 2.53. The zero-order valence-corrected chi connectivity index (χ0v) is 32.7. The van der Waals surface area contributed by atoms with Gasteiger partial charge in [-0.3, -0.25) is 4.79 Å². The van der Waals surface area contributed by atoms with Gasteiger partial charge >= 0.3 is 12.1 Å². The maximum atomic E-state index is 16.0. The maximum Gasteiger partial charge on any atom is 0.511 e. The van der Waals surface area contributed by atoms with E-state index in [4.69, 9.17) is 51.6 Å². The van der Waals surface area contributed by atoms with E-state index in [1.807, 2.05) is 20.8 Å². The molecule has 2 unspecified atom stereocenters. The molecule has 1 saturated heterocycles. The molecule has 3 aromatic carbocycles. The summed E-state index contributed by atoms with van der Waals surface area (Å²) in [7, 11) is 2.83. The van der Waals surface area contributed by atoms with Gasteiger partial charge in [-0.1, -0.05) is 62.2 Å². The van der Waals surface area contributed by atoms with Crippen molar-refractivity contribution in [3.8, 4) is 11.8 Å². The van der Waals surface area contributed by atoms with Crippen LogP contribution in [0.25, 0.3) is 0 Å². The zero-order chi connectivity index (χ0) is 40.5. The fourth-order valence-electron chi connectivity index (χ4n) is 6.53. The summed E-state index contributed by atoms with van der Waals surface area (Å²) >= 11 is 12.3. The van der Waals surface area contributed by atoms with Crippen LogP contribution in [0.2, 0.25) is 10.0 Å². The van der Waals surface area contributed by atoms with Gasteiger partial charge in [0, 0.05) is 36.6 Å². The van der Waals surface area contributed by atoms with Gasteiger partial charge < -0.3 is 39.1 Å². The first-order valence-electron chi connectivity index (χ1n) is 17.2. The monoisotopic (exact) mass is 805 g/mol. The topological polar surface area (TPSA) is 154 Å². The van der Waals surface area contributed by atoms with Crippen LogP contribution >= 0.6 is 23.2 Å². The van der Waals surface area contributed by atoms with E-state index < -0.39 is 64.8 Å². The second kappa shape index (κ2) is 18.9. The Bertz CT molecular complexity index is 1900. The summed E-state index contributed by atoms with van der Waals surface area (Å²) in [6.07, 6.45) is -2.13. The Morgan fingerprint density at radius 1 is 1.00 bits per heavy atom. The number of ether oxygens (including phenoxy) is 6. The lowest BCUT2D eigenvalue weighted by Gasteiger charge is -2.37. The van der Waals surface area contributed by atoms with Gasteiger partial charge in [0.2, 0.25) is 12.2 Å². The van der Waals surface area contributed by atoms with Crippen molar-refractivity contribution < 1.29 is 51.6 Å². The first-order chi connectivity index (χ1) is 26.1. The fraction of sp³-hybridized carbons (Fsp3) is 0.436. The average molecular weight is 807 g/mol. The van der Waals surface area contributed by atoms with Crippen molar-refractivity contribution in [1.29, 1.82) is 5.26 Å². The molecule has 2 N–H and O–H groups in total. The highest BCUT2D eigenvalue weighted by atomic mass is 35.5. The van der Waals surface area contributed by atoms with E-state index in [1.165, 1.54) is 69.7 Å². The van der Waals surface area contributed by atoms with Crippen LogP contribution in [0.5, 0.6) is 5.75 Å². The molecule has 16 heteroatoms. The summed E-state index contributed by atoms with van der Waals surface area (Å²) in [4.78, 5) is 39.3. The van der Waals surface area contributed by atoms with Crippen LogP contribution in [0.4, 0.5) is 19.3 Å². The molecule has 3 aromatic rings. The predicted molar refractivity (Wildman–Crippen MR) is 199 cm³/mol. The number of nitrogens with one attached hydrogen (secondary N) is 2. The summed E-state index contributed by atoms with van der Waals surface area (Å²) in [5.41, 5.74) is -2.34. The summed E-state index contributed by atoms with van der Waals surface area (Å²) in [5, 5.41) is 16.9. The lowest BCUT2D eigenvalue weighted by molar-refractivity contribution is -0.118. The van der Waals surface area contributed by atoms with Crippen molar-refractivity contribution in [3.05, 3.63) is 93.0 Å². The molecule has 1 fully saturated rings. The number of hydrogen-bond acceptors (Lipinski definition) is 11. The molecule has 12 nitrogen and oxygen atoms in total. The van der Waals surface area contributed by atoms with E-state index in [9.17, 15) is 19.6 Å². The Hall–Kier alpha value is -4.52. The van der Waals surface area contributed by atoms with Crippen molar-refractivity contribution in [2.24, 2.45) is 5.41 Å². The second-order valence-electron chi connectivity index (χ2n) is 13.9. The Morgan fingerprint density at radius 3 is 2.38 bits per heavy atom. The number of nitrogens with zero attached hydrogens (tertiary/aromatic N) is 1. The molecule has 5 atom stereocenters. The molecule has 0 bridgehead atoms. The molecular weight excluding hydrogens is 763 g/mol. The fourth-order valence-corrected chi connectivity index (χ4v) is 6.87.